The third-order valence-electron chi connectivity index (χ3n) is 3.13. The molecule has 1 heterocycles. The Bertz CT molecular complexity index is 453. The molecule has 0 saturated heterocycles. The van der Waals surface area contributed by atoms with E-state index in [-0.39, 0.29) is 17.2 Å². The van der Waals surface area contributed by atoms with Crippen molar-refractivity contribution in [3.05, 3.63) is 29.6 Å². The third-order valence-corrected chi connectivity index (χ3v) is 4.43. The molecule has 2 rings (SSSR count). The lowest BCUT2D eigenvalue weighted by Crippen LogP contribution is -2.35. The van der Waals surface area contributed by atoms with E-state index in [0.29, 0.717) is 13.1 Å². The van der Waals surface area contributed by atoms with Crippen LogP contribution in [0.25, 0.3) is 0 Å². The topological polar surface area (TPSA) is 38.3 Å². The van der Waals surface area contributed by atoms with Gasteiger partial charge >= 0.3 is 0 Å². The summed E-state index contributed by atoms with van der Waals surface area (Å²) in [5.41, 5.74) is 0.925. The van der Waals surface area contributed by atoms with E-state index >= 15 is 0 Å². The molecule has 0 aromatic heterocycles. The highest BCUT2D eigenvalue weighted by molar-refractivity contribution is 7.84. The van der Waals surface area contributed by atoms with Crippen molar-refractivity contribution in [2.45, 2.75) is 24.7 Å². The zero-order chi connectivity index (χ0) is 13.1. The summed E-state index contributed by atoms with van der Waals surface area (Å²) >= 11 is 0. The summed E-state index contributed by atoms with van der Waals surface area (Å²) < 4.78 is 29.9. The third kappa shape index (κ3) is 3.29. The fourth-order valence-electron chi connectivity index (χ4n) is 1.97. The van der Waals surface area contributed by atoms with Crippen molar-refractivity contribution in [3.8, 4) is 5.75 Å². The molecule has 5 heteroatoms. The molecule has 0 fully saturated rings. The summed E-state index contributed by atoms with van der Waals surface area (Å²) in [7, 11) is -0.809. The van der Waals surface area contributed by atoms with Crippen molar-refractivity contribution >= 4 is 10.8 Å². The van der Waals surface area contributed by atoms with Crippen molar-refractivity contribution in [3.63, 3.8) is 0 Å². The second-order valence-electron chi connectivity index (χ2n) is 4.66. The van der Waals surface area contributed by atoms with Crippen LogP contribution in [0.2, 0.25) is 0 Å². The summed E-state index contributed by atoms with van der Waals surface area (Å²) in [4.78, 5) is 0. The van der Waals surface area contributed by atoms with Gasteiger partial charge in [-0.2, -0.15) is 0 Å². The Kier molecular flexibility index (Phi) is 4.35. The minimum absolute atomic E-state index is 0.0410. The minimum Gasteiger partial charge on any atom is -0.488 e. The van der Waals surface area contributed by atoms with Crippen LogP contribution in [0, 0.1) is 5.82 Å². The lowest BCUT2D eigenvalue weighted by molar-refractivity contribution is 0.228. The smallest absolute Gasteiger partial charge is 0.123 e. The highest BCUT2D eigenvalue weighted by Crippen LogP contribution is 2.28. The summed E-state index contributed by atoms with van der Waals surface area (Å²) in [6.45, 7) is 3.34. The molecule has 100 valence electrons. The molecular formula is C13H18FNO2S. The van der Waals surface area contributed by atoms with Crippen molar-refractivity contribution < 1.29 is 13.3 Å². The van der Waals surface area contributed by atoms with E-state index in [9.17, 15) is 8.60 Å². The maximum Gasteiger partial charge on any atom is 0.123 e. The van der Waals surface area contributed by atoms with E-state index in [1.165, 1.54) is 12.1 Å². The zero-order valence-electron chi connectivity index (χ0n) is 10.6. The molecule has 18 heavy (non-hydrogen) atoms. The number of halogens is 1. The first-order valence-electron chi connectivity index (χ1n) is 6.04. The maximum absolute atomic E-state index is 13.0. The fourth-order valence-corrected chi connectivity index (χ4v) is 2.32. The van der Waals surface area contributed by atoms with Gasteiger partial charge in [0.25, 0.3) is 0 Å². The van der Waals surface area contributed by atoms with Gasteiger partial charge in [0.05, 0.1) is 0 Å². The number of ether oxygens (including phenoxy) is 1. The van der Waals surface area contributed by atoms with Gasteiger partial charge in [0.1, 0.15) is 17.7 Å². The number of hydrogen-bond donors (Lipinski definition) is 1. The molecule has 0 aliphatic carbocycles. The standard InChI is InChI=1S/C13H18FNO2S/c1-9(18(2)16)7-15-8-12-6-10-5-11(14)3-4-13(10)17-12/h3-5,9,12,15H,6-8H2,1-2H3. The van der Waals surface area contributed by atoms with Crippen LogP contribution in [0.4, 0.5) is 4.39 Å². The van der Waals surface area contributed by atoms with Crippen LogP contribution in [0.1, 0.15) is 12.5 Å². The Labute approximate surface area is 109 Å². The normalized spacial score (nSPS) is 21.2. The second kappa shape index (κ2) is 5.80. The highest BCUT2D eigenvalue weighted by atomic mass is 32.2. The van der Waals surface area contributed by atoms with Crippen LogP contribution in [-0.4, -0.2) is 34.9 Å². The van der Waals surface area contributed by atoms with E-state index in [0.717, 1.165) is 17.7 Å². The summed E-state index contributed by atoms with van der Waals surface area (Å²) in [5, 5.41) is 3.38. The first kappa shape index (κ1) is 13.5. The molecule has 1 aromatic carbocycles. The molecule has 1 aromatic rings. The molecule has 0 bridgehead atoms. The predicted octanol–water partition coefficient (Wildman–Crippen LogP) is 1.49. The first-order chi connectivity index (χ1) is 8.56. The quantitative estimate of drug-likeness (QED) is 0.881. The van der Waals surface area contributed by atoms with Crippen LogP contribution in [0.5, 0.6) is 5.75 Å². The molecule has 0 spiro atoms. The zero-order valence-corrected chi connectivity index (χ0v) is 11.4. The van der Waals surface area contributed by atoms with E-state index in [4.69, 9.17) is 4.74 Å². The number of fused-ring (bicyclic) bond motifs is 1. The molecule has 0 saturated carbocycles. The van der Waals surface area contributed by atoms with Crippen molar-refractivity contribution in [1.29, 1.82) is 0 Å². The average Bonchev–Trinajstić information content (AvgIpc) is 2.70. The molecule has 0 amide bonds. The number of nitrogens with one attached hydrogen (secondary N) is 1. The lowest BCUT2D eigenvalue weighted by atomic mass is 10.1. The lowest BCUT2D eigenvalue weighted by Gasteiger charge is -2.14. The van der Waals surface area contributed by atoms with Crippen LogP contribution in [-0.2, 0) is 17.2 Å². The summed E-state index contributed by atoms with van der Waals surface area (Å²) in [6, 6.07) is 4.62. The molecule has 1 N–H and O–H groups in total. The van der Waals surface area contributed by atoms with Gasteiger partial charge in [-0.15, -0.1) is 0 Å². The monoisotopic (exact) mass is 271 g/mol. The minimum atomic E-state index is -0.809. The van der Waals surface area contributed by atoms with E-state index < -0.39 is 10.8 Å². The summed E-state index contributed by atoms with van der Waals surface area (Å²) in [6.07, 6.45) is 2.47. The van der Waals surface area contributed by atoms with Gasteiger partial charge in [0.15, 0.2) is 0 Å². The van der Waals surface area contributed by atoms with Crippen LogP contribution in [0.3, 0.4) is 0 Å². The Morgan fingerprint density at radius 3 is 3.11 bits per heavy atom. The molecule has 3 atom stereocenters. The Morgan fingerprint density at radius 2 is 2.39 bits per heavy atom. The van der Waals surface area contributed by atoms with Crippen LogP contribution < -0.4 is 10.1 Å². The van der Waals surface area contributed by atoms with E-state index in [2.05, 4.69) is 5.32 Å². The SMILES string of the molecule is CC(CNCC1Cc2cc(F)ccc2O1)S(C)=O. The van der Waals surface area contributed by atoms with Crippen LogP contribution >= 0.6 is 0 Å². The van der Waals surface area contributed by atoms with Gasteiger partial charge < -0.3 is 10.1 Å². The van der Waals surface area contributed by atoms with Gasteiger partial charge in [0.2, 0.25) is 0 Å². The molecule has 0 radical (unpaired) electrons. The van der Waals surface area contributed by atoms with Crippen molar-refractivity contribution in [2.75, 3.05) is 19.3 Å². The van der Waals surface area contributed by atoms with E-state index in [1.54, 1.807) is 12.3 Å². The molecule has 3 unspecified atom stereocenters. The fraction of sp³-hybridized carbons (Fsp3) is 0.538. The molecule has 3 nitrogen and oxygen atoms in total. The summed E-state index contributed by atoms with van der Waals surface area (Å²) in [5.74, 6) is 0.552. The van der Waals surface area contributed by atoms with Gasteiger partial charge in [-0.3, -0.25) is 4.21 Å². The number of benzene rings is 1. The largest absolute Gasteiger partial charge is 0.488 e. The number of hydrogen-bond acceptors (Lipinski definition) is 3. The Hall–Kier alpha value is -0.940. The van der Waals surface area contributed by atoms with E-state index in [1.807, 2.05) is 6.92 Å². The number of rotatable bonds is 5. The molecular weight excluding hydrogens is 253 g/mol. The Balaban J connectivity index is 1.80. The van der Waals surface area contributed by atoms with Gasteiger partial charge in [-0.25, -0.2) is 4.39 Å². The average molecular weight is 271 g/mol. The van der Waals surface area contributed by atoms with Crippen molar-refractivity contribution in [2.24, 2.45) is 0 Å². The molecule has 1 aliphatic rings. The van der Waals surface area contributed by atoms with Gasteiger partial charge in [-0.05, 0) is 25.1 Å². The highest BCUT2D eigenvalue weighted by Gasteiger charge is 2.23. The maximum atomic E-state index is 13.0. The first-order valence-corrected chi connectivity index (χ1v) is 7.66. The van der Waals surface area contributed by atoms with Gasteiger partial charge in [-0.1, -0.05) is 0 Å². The van der Waals surface area contributed by atoms with Crippen molar-refractivity contribution in [1.82, 2.24) is 5.32 Å². The molecule has 1 aliphatic heterocycles. The Morgan fingerprint density at radius 1 is 1.61 bits per heavy atom. The van der Waals surface area contributed by atoms with Gasteiger partial charge in [0, 0.05) is 47.4 Å². The van der Waals surface area contributed by atoms with Crippen LogP contribution in [0.15, 0.2) is 18.2 Å². The predicted molar refractivity (Wildman–Crippen MR) is 70.9 cm³/mol. The second-order valence-corrected chi connectivity index (χ2v) is 6.47.